The monoisotopic (exact) mass is 313 g/mol. The van der Waals surface area contributed by atoms with Crippen molar-refractivity contribution in [3.8, 4) is 0 Å². The second kappa shape index (κ2) is 7.35. The minimum absolute atomic E-state index is 0.0146. The maximum Gasteiger partial charge on any atom is 0.218 e. The van der Waals surface area contributed by atoms with E-state index in [0.717, 1.165) is 30.6 Å². The van der Waals surface area contributed by atoms with Crippen LogP contribution in [-0.2, 0) is 27.1 Å². The van der Waals surface area contributed by atoms with Gasteiger partial charge >= 0.3 is 0 Å². The van der Waals surface area contributed by atoms with E-state index >= 15 is 0 Å². The molecule has 21 heavy (non-hydrogen) atoms. The number of likely N-dealkylation sites (N-methyl/N-ethyl adjacent to an activating group) is 1. The molecule has 1 saturated heterocycles. The molecular formula is C15H23NO4S. The lowest BCUT2D eigenvalue weighted by atomic mass is 10.2. The fourth-order valence-corrected chi connectivity index (χ4v) is 4.08. The Labute approximate surface area is 126 Å². The van der Waals surface area contributed by atoms with Crippen molar-refractivity contribution < 1.29 is 18.3 Å². The summed E-state index contributed by atoms with van der Waals surface area (Å²) in [5, 5.41) is 9.01. The van der Waals surface area contributed by atoms with E-state index < -0.39 is 10.0 Å². The van der Waals surface area contributed by atoms with Crippen molar-refractivity contribution >= 4 is 10.0 Å². The van der Waals surface area contributed by atoms with E-state index in [-0.39, 0.29) is 18.5 Å². The van der Waals surface area contributed by atoms with Gasteiger partial charge in [-0.3, -0.25) is 0 Å². The first kappa shape index (κ1) is 16.4. The molecule has 0 bridgehead atoms. The molecule has 1 aliphatic rings. The van der Waals surface area contributed by atoms with E-state index in [1.807, 2.05) is 6.92 Å². The Bertz CT molecular complexity index is 535. The minimum atomic E-state index is -3.34. The van der Waals surface area contributed by atoms with E-state index in [1.165, 1.54) is 4.31 Å². The van der Waals surface area contributed by atoms with Gasteiger partial charge < -0.3 is 9.84 Å². The van der Waals surface area contributed by atoms with Crippen LogP contribution in [0.5, 0.6) is 0 Å². The fraction of sp³-hybridized carbons (Fsp3) is 0.600. The number of hydrogen-bond donors (Lipinski definition) is 1. The molecule has 0 saturated carbocycles. The van der Waals surface area contributed by atoms with E-state index in [1.54, 1.807) is 24.3 Å². The number of aliphatic hydroxyl groups excluding tert-OH is 1. The highest BCUT2D eigenvalue weighted by atomic mass is 32.2. The summed E-state index contributed by atoms with van der Waals surface area (Å²) in [5.74, 6) is -0.0146. The van der Waals surface area contributed by atoms with Gasteiger partial charge in [0.2, 0.25) is 10.0 Å². The Balaban J connectivity index is 2.03. The topological polar surface area (TPSA) is 66.8 Å². The van der Waals surface area contributed by atoms with Gasteiger partial charge in [-0.25, -0.2) is 8.42 Å². The van der Waals surface area contributed by atoms with Gasteiger partial charge in [-0.05, 0) is 24.0 Å². The van der Waals surface area contributed by atoms with E-state index in [9.17, 15) is 8.42 Å². The van der Waals surface area contributed by atoms with Gasteiger partial charge in [0.05, 0.1) is 18.5 Å². The second-order valence-electron chi connectivity index (χ2n) is 5.32. The van der Waals surface area contributed by atoms with Crippen molar-refractivity contribution in [3.05, 3.63) is 35.4 Å². The van der Waals surface area contributed by atoms with Gasteiger partial charge in [-0.2, -0.15) is 4.31 Å². The lowest BCUT2D eigenvalue weighted by Gasteiger charge is -2.23. The summed E-state index contributed by atoms with van der Waals surface area (Å²) >= 11 is 0. The zero-order valence-corrected chi connectivity index (χ0v) is 13.2. The molecular weight excluding hydrogens is 290 g/mol. The summed E-state index contributed by atoms with van der Waals surface area (Å²) in [5.41, 5.74) is 1.51. The number of sulfonamides is 1. The molecule has 0 amide bonds. The minimum Gasteiger partial charge on any atom is -0.392 e. The molecule has 1 unspecified atom stereocenters. The molecule has 0 spiro atoms. The van der Waals surface area contributed by atoms with Crippen LogP contribution in [0.25, 0.3) is 0 Å². The second-order valence-corrected chi connectivity index (χ2v) is 7.29. The number of aliphatic hydroxyl groups is 1. The van der Waals surface area contributed by atoms with Gasteiger partial charge in [-0.15, -0.1) is 0 Å². The summed E-state index contributed by atoms with van der Waals surface area (Å²) in [4.78, 5) is 0. The Kier molecular flexibility index (Phi) is 5.75. The molecule has 1 aromatic carbocycles. The van der Waals surface area contributed by atoms with Crippen molar-refractivity contribution in [3.63, 3.8) is 0 Å². The highest BCUT2D eigenvalue weighted by Gasteiger charge is 2.26. The summed E-state index contributed by atoms with van der Waals surface area (Å²) in [6.45, 7) is 3.43. The predicted molar refractivity (Wildman–Crippen MR) is 81.2 cm³/mol. The molecule has 1 N–H and O–H groups in total. The first-order valence-corrected chi connectivity index (χ1v) is 8.94. The average molecular weight is 313 g/mol. The Morgan fingerprint density at radius 3 is 2.48 bits per heavy atom. The Morgan fingerprint density at radius 1 is 1.29 bits per heavy atom. The molecule has 0 radical (unpaired) electrons. The van der Waals surface area contributed by atoms with Gasteiger partial charge in [0.1, 0.15) is 0 Å². The predicted octanol–water partition coefficient (Wildman–Crippen LogP) is 1.51. The lowest BCUT2D eigenvalue weighted by molar-refractivity contribution is 0.0946. The largest absolute Gasteiger partial charge is 0.392 e. The van der Waals surface area contributed by atoms with Gasteiger partial charge in [0.15, 0.2) is 0 Å². The van der Waals surface area contributed by atoms with Crippen LogP contribution in [0.1, 0.15) is 30.9 Å². The molecule has 1 atom stereocenters. The summed E-state index contributed by atoms with van der Waals surface area (Å²) in [6.07, 6.45) is 1.96. The molecule has 2 rings (SSSR count). The van der Waals surface area contributed by atoms with Crippen LogP contribution in [-0.4, -0.2) is 43.6 Å². The van der Waals surface area contributed by atoms with Crippen molar-refractivity contribution in [1.29, 1.82) is 0 Å². The van der Waals surface area contributed by atoms with Crippen molar-refractivity contribution in [2.24, 2.45) is 0 Å². The molecule has 0 aromatic heterocycles. The first-order chi connectivity index (χ1) is 10.0. The average Bonchev–Trinajstić information content (AvgIpc) is 2.98. The molecule has 6 heteroatoms. The van der Waals surface area contributed by atoms with Crippen LogP contribution in [0.4, 0.5) is 0 Å². The normalized spacial score (nSPS) is 19.3. The molecule has 0 aliphatic carbocycles. The zero-order chi connectivity index (χ0) is 15.3. The van der Waals surface area contributed by atoms with E-state index in [2.05, 4.69) is 0 Å². The van der Waals surface area contributed by atoms with Crippen LogP contribution < -0.4 is 0 Å². The smallest absolute Gasteiger partial charge is 0.218 e. The van der Waals surface area contributed by atoms with Crippen molar-refractivity contribution in [1.82, 2.24) is 4.31 Å². The van der Waals surface area contributed by atoms with Crippen LogP contribution in [0.15, 0.2) is 24.3 Å². The number of nitrogens with zero attached hydrogens (tertiary/aromatic N) is 1. The number of hydrogen-bond acceptors (Lipinski definition) is 4. The van der Waals surface area contributed by atoms with Crippen LogP contribution >= 0.6 is 0 Å². The maximum atomic E-state index is 12.5. The van der Waals surface area contributed by atoms with E-state index in [0.29, 0.717) is 13.1 Å². The maximum absolute atomic E-state index is 12.5. The van der Waals surface area contributed by atoms with Crippen LogP contribution in [0.2, 0.25) is 0 Å². The lowest BCUT2D eigenvalue weighted by Crippen LogP contribution is -2.37. The first-order valence-electron chi connectivity index (χ1n) is 7.33. The molecule has 1 heterocycles. The Morgan fingerprint density at radius 2 is 1.95 bits per heavy atom. The molecule has 1 aromatic rings. The number of rotatable bonds is 7. The molecule has 118 valence electrons. The van der Waals surface area contributed by atoms with Crippen molar-refractivity contribution in [2.45, 2.75) is 38.2 Å². The standard InChI is InChI=1S/C15H23NO4S/c1-2-16(10-15-4-3-9-20-15)21(18,19)12-14-7-5-13(11-17)6-8-14/h5-8,15,17H,2-4,9-12H2,1H3. The third-order valence-electron chi connectivity index (χ3n) is 3.73. The van der Waals surface area contributed by atoms with Crippen molar-refractivity contribution in [2.75, 3.05) is 19.7 Å². The van der Waals surface area contributed by atoms with Crippen LogP contribution in [0.3, 0.4) is 0 Å². The highest BCUT2D eigenvalue weighted by molar-refractivity contribution is 7.88. The summed E-state index contributed by atoms with van der Waals surface area (Å²) < 4.78 is 32.0. The molecule has 1 fully saturated rings. The third-order valence-corrected chi connectivity index (χ3v) is 5.62. The van der Waals surface area contributed by atoms with E-state index in [4.69, 9.17) is 9.84 Å². The Hall–Kier alpha value is -0.950. The molecule has 5 nitrogen and oxygen atoms in total. The van der Waals surface area contributed by atoms with Crippen LogP contribution in [0, 0.1) is 0 Å². The summed E-state index contributed by atoms with van der Waals surface area (Å²) in [6, 6.07) is 7.01. The van der Waals surface area contributed by atoms with Gasteiger partial charge in [-0.1, -0.05) is 31.2 Å². The third kappa shape index (κ3) is 4.51. The quantitative estimate of drug-likeness (QED) is 0.828. The van der Waals surface area contributed by atoms with Gasteiger partial charge in [0.25, 0.3) is 0 Å². The molecule has 1 aliphatic heterocycles. The SMILES string of the molecule is CCN(CC1CCCO1)S(=O)(=O)Cc1ccc(CO)cc1. The highest BCUT2D eigenvalue weighted by Crippen LogP contribution is 2.17. The zero-order valence-electron chi connectivity index (χ0n) is 12.4. The number of benzene rings is 1. The van der Waals surface area contributed by atoms with Gasteiger partial charge in [0, 0.05) is 19.7 Å². The number of ether oxygens (including phenoxy) is 1. The summed E-state index contributed by atoms with van der Waals surface area (Å²) in [7, 11) is -3.34. The fourth-order valence-electron chi connectivity index (χ4n) is 2.50.